The molecule has 0 unspecified atom stereocenters. The maximum Gasteiger partial charge on any atom is 0.00408 e. The van der Waals surface area contributed by atoms with Gasteiger partial charge >= 0.3 is 0 Å². The van der Waals surface area contributed by atoms with Crippen LogP contribution in [0.3, 0.4) is 0 Å². The highest BCUT2D eigenvalue weighted by atomic mass is 31.1. The monoisotopic (exact) mass is 170 g/mol. The Morgan fingerprint density at radius 1 is 0.800 bits per heavy atom. The molecule has 0 atom stereocenters. The van der Waals surface area contributed by atoms with Crippen molar-refractivity contribution in [2.75, 3.05) is 0 Å². The Bertz CT molecular complexity index is 230. The van der Waals surface area contributed by atoms with E-state index in [9.17, 15) is 0 Å². The fraction of sp³-hybridized carbons (Fsp3) is 0.500. The fourth-order valence-electron chi connectivity index (χ4n) is 0.940. The average Bonchev–Trinajstić information content (AvgIpc) is 1.82. The van der Waals surface area contributed by atoms with E-state index >= 15 is 0 Å². The molecule has 2 heteroatoms. The molecule has 54 valence electrons. The van der Waals surface area contributed by atoms with Gasteiger partial charge in [-0.2, -0.15) is 0 Å². The van der Waals surface area contributed by atoms with Crippen molar-refractivity contribution in [2.24, 2.45) is 0 Å². The quantitative estimate of drug-likeness (QED) is 0.550. The molecule has 0 amide bonds. The third-order valence-electron chi connectivity index (χ3n) is 1.74. The van der Waals surface area contributed by atoms with Gasteiger partial charge in [0.1, 0.15) is 0 Å². The summed E-state index contributed by atoms with van der Waals surface area (Å²) >= 11 is 0. The van der Waals surface area contributed by atoms with E-state index in [1.165, 1.54) is 32.5 Å². The zero-order valence-electron chi connectivity index (χ0n) is 6.89. The maximum absolute atomic E-state index is 2.22. The van der Waals surface area contributed by atoms with Crippen molar-refractivity contribution in [3.63, 3.8) is 0 Å². The van der Waals surface area contributed by atoms with Crippen molar-refractivity contribution in [1.82, 2.24) is 0 Å². The molecule has 1 rings (SSSR count). The molecule has 0 aliphatic rings. The molecular weight excluding hydrogens is 158 g/mol. The minimum atomic E-state index is 1.45. The van der Waals surface area contributed by atoms with Crippen LogP contribution in [0.5, 0.6) is 0 Å². The van der Waals surface area contributed by atoms with Crippen molar-refractivity contribution in [3.8, 4) is 0 Å². The second-order valence-corrected chi connectivity index (χ2v) is 6.05. The first-order chi connectivity index (χ1) is 4.61. The summed E-state index contributed by atoms with van der Waals surface area (Å²) in [6.45, 7) is 8.89. The molecule has 0 saturated heterocycles. The lowest BCUT2D eigenvalue weighted by Crippen LogP contribution is -1.77. The summed E-state index contributed by atoms with van der Waals surface area (Å²) < 4.78 is 0. The van der Waals surface area contributed by atoms with Gasteiger partial charge in [0.05, 0.1) is 0 Å². The predicted molar refractivity (Wildman–Crippen MR) is 50.4 cm³/mol. The summed E-state index contributed by atoms with van der Waals surface area (Å²) in [6, 6.07) is 0. The van der Waals surface area contributed by atoms with Gasteiger partial charge in [0.2, 0.25) is 0 Å². The van der Waals surface area contributed by atoms with Crippen LogP contribution < -0.4 is 0 Å². The topological polar surface area (TPSA) is 0 Å². The first-order valence-electron chi connectivity index (χ1n) is 3.39. The molecule has 0 aromatic carbocycles. The lowest BCUT2D eigenvalue weighted by atomic mass is 10.3. The molecule has 0 saturated carbocycles. The third-order valence-corrected chi connectivity index (χ3v) is 4.33. The normalized spacial score (nSPS) is 11.6. The Morgan fingerprint density at radius 3 is 1.60 bits per heavy atom. The van der Waals surface area contributed by atoms with Crippen LogP contribution in [-0.4, -0.2) is 0 Å². The first-order valence-corrected chi connectivity index (χ1v) is 5.18. The molecule has 0 spiro atoms. The van der Waals surface area contributed by atoms with Gasteiger partial charge in [-0.1, -0.05) is 16.4 Å². The molecule has 0 bridgehead atoms. The summed E-state index contributed by atoms with van der Waals surface area (Å²) in [5.41, 5.74) is 1.51. The zero-order valence-corrected chi connectivity index (χ0v) is 8.68. The van der Waals surface area contributed by atoms with Crippen LogP contribution in [0.2, 0.25) is 0 Å². The highest BCUT2D eigenvalue weighted by Crippen LogP contribution is 2.32. The van der Waals surface area contributed by atoms with E-state index in [1.54, 1.807) is 5.03 Å². The number of rotatable bonds is 0. The molecule has 0 fully saturated rings. The SMILES string of the molecule is Cc1pc(C)c(C)c(C)p1. The summed E-state index contributed by atoms with van der Waals surface area (Å²) in [5, 5.41) is 4.60. The molecule has 0 radical (unpaired) electrons. The summed E-state index contributed by atoms with van der Waals surface area (Å²) in [5.74, 6) is 0. The van der Waals surface area contributed by atoms with E-state index in [2.05, 4.69) is 27.7 Å². The van der Waals surface area contributed by atoms with Crippen LogP contribution in [-0.2, 0) is 0 Å². The number of hydrogen-bond acceptors (Lipinski definition) is 0. The lowest BCUT2D eigenvalue weighted by molar-refractivity contribution is 1.37. The minimum absolute atomic E-state index is 1.45. The minimum Gasteiger partial charge on any atom is -0.0646 e. The van der Waals surface area contributed by atoms with Gasteiger partial charge < -0.3 is 0 Å². The van der Waals surface area contributed by atoms with Crippen LogP contribution in [0.4, 0.5) is 0 Å². The molecule has 1 heterocycles. The van der Waals surface area contributed by atoms with Crippen molar-refractivity contribution in [3.05, 3.63) is 21.2 Å². The van der Waals surface area contributed by atoms with Crippen molar-refractivity contribution in [1.29, 1.82) is 0 Å². The second kappa shape index (κ2) is 2.99. The Hall–Kier alpha value is 0.0800. The van der Waals surface area contributed by atoms with Crippen LogP contribution in [0.25, 0.3) is 0 Å². The van der Waals surface area contributed by atoms with Gasteiger partial charge in [0, 0.05) is 5.03 Å². The number of aryl methyl sites for hydroxylation is 3. The predicted octanol–water partition coefficient (Wildman–Crippen LogP) is 4.08. The Morgan fingerprint density at radius 2 is 1.20 bits per heavy atom. The number of hydrogen-bond donors (Lipinski definition) is 0. The van der Waals surface area contributed by atoms with Crippen molar-refractivity contribution >= 4 is 16.4 Å². The van der Waals surface area contributed by atoms with Gasteiger partial charge in [-0.05, 0) is 43.8 Å². The van der Waals surface area contributed by atoms with Crippen molar-refractivity contribution in [2.45, 2.75) is 27.7 Å². The fourth-order valence-corrected chi connectivity index (χ4v) is 3.77. The average molecular weight is 170 g/mol. The van der Waals surface area contributed by atoms with E-state index in [0.717, 1.165) is 0 Å². The Labute approximate surface area is 65.9 Å². The van der Waals surface area contributed by atoms with E-state index < -0.39 is 0 Å². The highest BCUT2D eigenvalue weighted by molar-refractivity contribution is 7.47. The Balaban J connectivity index is 3.31. The summed E-state index contributed by atoms with van der Waals surface area (Å²) in [6.07, 6.45) is 0. The third kappa shape index (κ3) is 1.57. The van der Waals surface area contributed by atoms with Crippen LogP contribution in [0, 0.1) is 27.7 Å². The van der Waals surface area contributed by atoms with E-state index in [4.69, 9.17) is 0 Å². The van der Waals surface area contributed by atoms with Crippen LogP contribution in [0.1, 0.15) is 21.2 Å². The smallest absolute Gasteiger partial charge is 0.00408 e. The molecule has 1 aromatic rings. The summed E-state index contributed by atoms with van der Waals surface area (Å²) in [4.78, 5) is 0. The van der Waals surface area contributed by atoms with Gasteiger partial charge in [0.15, 0.2) is 0 Å². The molecule has 0 aliphatic heterocycles. The standard InChI is InChI=1S/C8H12P2/c1-5-6(2)9-8(4)10-7(5)3/h1-4H3. The molecule has 0 N–H and O–H groups in total. The first kappa shape index (κ1) is 8.18. The zero-order chi connectivity index (χ0) is 7.72. The lowest BCUT2D eigenvalue weighted by Gasteiger charge is -2.03. The molecule has 0 aliphatic carbocycles. The van der Waals surface area contributed by atoms with Gasteiger partial charge in [-0.3, -0.25) is 0 Å². The molecule has 10 heavy (non-hydrogen) atoms. The van der Waals surface area contributed by atoms with Gasteiger partial charge in [0.25, 0.3) is 0 Å². The largest absolute Gasteiger partial charge is 0.0646 e. The summed E-state index contributed by atoms with van der Waals surface area (Å²) in [7, 11) is 2.89. The van der Waals surface area contributed by atoms with Crippen LogP contribution in [0.15, 0.2) is 0 Å². The van der Waals surface area contributed by atoms with E-state index in [0.29, 0.717) is 0 Å². The van der Waals surface area contributed by atoms with Gasteiger partial charge in [-0.15, -0.1) is 0 Å². The van der Waals surface area contributed by atoms with E-state index in [1.807, 2.05) is 0 Å². The van der Waals surface area contributed by atoms with E-state index in [-0.39, 0.29) is 0 Å². The Kier molecular flexibility index (Phi) is 2.45. The van der Waals surface area contributed by atoms with Gasteiger partial charge in [-0.25, -0.2) is 0 Å². The second-order valence-electron chi connectivity index (χ2n) is 2.57. The highest BCUT2D eigenvalue weighted by Gasteiger charge is 1.97. The molecule has 1 aromatic heterocycles. The molecule has 0 nitrogen and oxygen atoms in total. The van der Waals surface area contributed by atoms with Crippen molar-refractivity contribution < 1.29 is 0 Å². The maximum atomic E-state index is 2.22. The van der Waals surface area contributed by atoms with Crippen LogP contribution >= 0.6 is 16.4 Å². The molecular formula is C8H12P2.